The standard InChI is InChI=1S/C16H11Cl2N3O3/c17-10-3-1-2-9(6-10)16-20-14(24-21-16)8-23-13-5-4-11(18)7-12(13)15(19)22/h1-7H,8H2,(H2,19,22). The molecule has 3 aromatic rings. The fourth-order valence-corrected chi connectivity index (χ4v) is 2.38. The first-order chi connectivity index (χ1) is 11.5. The SMILES string of the molecule is NC(=O)c1cc(Cl)ccc1OCc1nc(-c2cccc(Cl)c2)no1. The third-order valence-electron chi connectivity index (χ3n) is 3.11. The lowest BCUT2D eigenvalue weighted by Crippen LogP contribution is -2.13. The molecule has 0 aliphatic rings. The van der Waals surface area contributed by atoms with Gasteiger partial charge in [-0.25, -0.2) is 0 Å². The molecule has 3 rings (SSSR count). The van der Waals surface area contributed by atoms with Gasteiger partial charge in [-0.2, -0.15) is 4.98 Å². The lowest BCUT2D eigenvalue weighted by atomic mass is 10.2. The summed E-state index contributed by atoms with van der Waals surface area (Å²) in [5.41, 5.74) is 6.21. The zero-order valence-electron chi connectivity index (χ0n) is 12.2. The number of carbonyl (C=O) groups is 1. The number of nitrogens with zero attached hydrogens (tertiary/aromatic N) is 2. The molecule has 0 fully saturated rings. The van der Waals surface area contributed by atoms with E-state index in [0.29, 0.717) is 15.9 Å². The van der Waals surface area contributed by atoms with Crippen molar-refractivity contribution in [3.8, 4) is 17.1 Å². The van der Waals surface area contributed by atoms with Crippen molar-refractivity contribution in [2.75, 3.05) is 0 Å². The number of nitrogens with two attached hydrogens (primary N) is 1. The summed E-state index contributed by atoms with van der Waals surface area (Å²) in [4.78, 5) is 15.7. The molecule has 8 heteroatoms. The molecule has 122 valence electrons. The monoisotopic (exact) mass is 363 g/mol. The highest BCUT2D eigenvalue weighted by Gasteiger charge is 2.13. The Bertz CT molecular complexity index is 896. The summed E-state index contributed by atoms with van der Waals surface area (Å²) in [6, 6.07) is 11.7. The number of hydrogen-bond acceptors (Lipinski definition) is 5. The van der Waals surface area contributed by atoms with Crippen LogP contribution in [0.15, 0.2) is 47.0 Å². The first-order valence-electron chi connectivity index (χ1n) is 6.83. The molecule has 1 heterocycles. The van der Waals surface area contributed by atoms with Crippen LogP contribution < -0.4 is 10.5 Å². The minimum atomic E-state index is -0.641. The molecule has 0 bridgehead atoms. The van der Waals surface area contributed by atoms with Crippen LogP contribution in [-0.2, 0) is 6.61 Å². The van der Waals surface area contributed by atoms with Crippen LogP contribution in [0.5, 0.6) is 5.75 Å². The number of hydrogen-bond donors (Lipinski definition) is 1. The largest absolute Gasteiger partial charge is 0.483 e. The van der Waals surface area contributed by atoms with Crippen molar-refractivity contribution in [2.45, 2.75) is 6.61 Å². The highest BCUT2D eigenvalue weighted by molar-refractivity contribution is 6.31. The van der Waals surface area contributed by atoms with Crippen LogP contribution in [0.4, 0.5) is 0 Å². The van der Waals surface area contributed by atoms with Crippen molar-refractivity contribution in [2.24, 2.45) is 5.73 Å². The van der Waals surface area contributed by atoms with Crippen molar-refractivity contribution < 1.29 is 14.1 Å². The molecule has 0 aliphatic heterocycles. The van der Waals surface area contributed by atoms with Gasteiger partial charge in [0.25, 0.3) is 11.8 Å². The summed E-state index contributed by atoms with van der Waals surface area (Å²) in [5, 5.41) is 4.83. The number of benzene rings is 2. The number of rotatable bonds is 5. The molecule has 24 heavy (non-hydrogen) atoms. The van der Waals surface area contributed by atoms with E-state index < -0.39 is 5.91 Å². The lowest BCUT2D eigenvalue weighted by Gasteiger charge is -2.07. The number of ether oxygens (including phenoxy) is 1. The summed E-state index contributed by atoms with van der Waals surface area (Å²) >= 11 is 11.8. The molecule has 1 amide bonds. The van der Waals surface area contributed by atoms with E-state index in [1.807, 2.05) is 6.07 Å². The normalized spacial score (nSPS) is 10.6. The zero-order valence-corrected chi connectivity index (χ0v) is 13.7. The molecule has 6 nitrogen and oxygen atoms in total. The Balaban J connectivity index is 1.76. The Morgan fingerprint density at radius 1 is 1.17 bits per heavy atom. The smallest absolute Gasteiger partial charge is 0.264 e. The third-order valence-corrected chi connectivity index (χ3v) is 3.58. The van der Waals surface area contributed by atoms with Gasteiger partial charge in [0.05, 0.1) is 5.56 Å². The van der Waals surface area contributed by atoms with Crippen LogP contribution in [-0.4, -0.2) is 16.0 Å². The number of aromatic nitrogens is 2. The fourth-order valence-electron chi connectivity index (χ4n) is 2.02. The van der Waals surface area contributed by atoms with Crippen molar-refractivity contribution >= 4 is 29.1 Å². The highest BCUT2D eigenvalue weighted by Crippen LogP contribution is 2.24. The fraction of sp³-hybridized carbons (Fsp3) is 0.0625. The number of primary amides is 1. The van der Waals surface area contributed by atoms with Gasteiger partial charge in [0, 0.05) is 15.6 Å². The molecule has 1 aromatic heterocycles. The molecule has 2 aromatic carbocycles. The molecule has 0 atom stereocenters. The summed E-state index contributed by atoms with van der Waals surface area (Å²) < 4.78 is 10.7. The molecular weight excluding hydrogens is 353 g/mol. The molecule has 0 saturated carbocycles. The lowest BCUT2D eigenvalue weighted by molar-refractivity contribution is 0.0995. The van der Waals surface area contributed by atoms with Gasteiger partial charge in [0.1, 0.15) is 5.75 Å². The number of halogens is 2. The van der Waals surface area contributed by atoms with Crippen LogP contribution in [0.3, 0.4) is 0 Å². The molecule has 0 saturated heterocycles. The summed E-state index contributed by atoms with van der Waals surface area (Å²) in [7, 11) is 0. The Kier molecular flexibility index (Phi) is 4.69. The molecule has 0 spiro atoms. The average Bonchev–Trinajstić information content (AvgIpc) is 3.02. The second-order valence-corrected chi connectivity index (χ2v) is 5.69. The number of carbonyl (C=O) groups excluding carboxylic acids is 1. The topological polar surface area (TPSA) is 91.2 Å². The Hall–Kier alpha value is -2.57. The van der Waals surface area contributed by atoms with Gasteiger partial charge < -0.3 is 15.0 Å². The predicted octanol–water partition coefficient (Wildman–Crippen LogP) is 3.72. The maximum atomic E-state index is 11.4. The molecule has 0 unspecified atom stereocenters. The van der Waals surface area contributed by atoms with E-state index in [-0.39, 0.29) is 23.8 Å². The highest BCUT2D eigenvalue weighted by atomic mass is 35.5. The van der Waals surface area contributed by atoms with Gasteiger partial charge in [-0.1, -0.05) is 40.5 Å². The Morgan fingerprint density at radius 3 is 2.71 bits per heavy atom. The molecule has 0 radical (unpaired) electrons. The summed E-state index contributed by atoms with van der Waals surface area (Å²) in [6.45, 7) is -0.0184. The summed E-state index contributed by atoms with van der Waals surface area (Å²) in [6.07, 6.45) is 0. The first-order valence-corrected chi connectivity index (χ1v) is 7.59. The molecular formula is C16H11Cl2N3O3. The Morgan fingerprint density at radius 2 is 1.96 bits per heavy atom. The van der Waals surface area contributed by atoms with Crippen LogP contribution in [0, 0.1) is 0 Å². The second-order valence-electron chi connectivity index (χ2n) is 4.82. The van der Waals surface area contributed by atoms with E-state index in [0.717, 1.165) is 5.56 Å². The maximum absolute atomic E-state index is 11.4. The average molecular weight is 364 g/mol. The maximum Gasteiger partial charge on any atom is 0.264 e. The van der Waals surface area contributed by atoms with E-state index in [1.54, 1.807) is 30.3 Å². The minimum absolute atomic E-state index is 0.0184. The van der Waals surface area contributed by atoms with Gasteiger partial charge in [0.2, 0.25) is 5.82 Å². The van der Waals surface area contributed by atoms with Crippen molar-refractivity contribution in [1.29, 1.82) is 0 Å². The second kappa shape index (κ2) is 6.90. The third kappa shape index (κ3) is 3.67. The Labute approximate surface area is 147 Å². The zero-order chi connectivity index (χ0) is 17.1. The van der Waals surface area contributed by atoms with E-state index in [9.17, 15) is 4.79 Å². The van der Waals surface area contributed by atoms with Gasteiger partial charge in [-0.15, -0.1) is 0 Å². The van der Waals surface area contributed by atoms with E-state index in [1.165, 1.54) is 6.07 Å². The van der Waals surface area contributed by atoms with Crippen molar-refractivity contribution in [3.63, 3.8) is 0 Å². The minimum Gasteiger partial charge on any atom is -0.483 e. The predicted molar refractivity (Wildman–Crippen MR) is 89.0 cm³/mol. The quantitative estimate of drug-likeness (QED) is 0.745. The first kappa shape index (κ1) is 16.3. The molecule has 0 aliphatic carbocycles. The number of amides is 1. The van der Waals surface area contributed by atoms with Crippen molar-refractivity contribution in [1.82, 2.24) is 10.1 Å². The van der Waals surface area contributed by atoms with Gasteiger partial charge in [-0.3, -0.25) is 4.79 Å². The van der Waals surface area contributed by atoms with E-state index in [2.05, 4.69) is 10.1 Å². The van der Waals surface area contributed by atoms with Crippen LogP contribution in [0.25, 0.3) is 11.4 Å². The van der Waals surface area contributed by atoms with Gasteiger partial charge in [-0.05, 0) is 30.3 Å². The van der Waals surface area contributed by atoms with Gasteiger partial charge in [0.15, 0.2) is 6.61 Å². The summed E-state index contributed by atoms with van der Waals surface area (Å²) in [5.74, 6) is 0.282. The van der Waals surface area contributed by atoms with Gasteiger partial charge >= 0.3 is 0 Å². The van der Waals surface area contributed by atoms with Crippen LogP contribution >= 0.6 is 23.2 Å². The van der Waals surface area contributed by atoms with E-state index >= 15 is 0 Å². The molecule has 2 N–H and O–H groups in total. The van der Waals surface area contributed by atoms with E-state index in [4.69, 9.17) is 38.2 Å². The van der Waals surface area contributed by atoms with Crippen molar-refractivity contribution in [3.05, 3.63) is 64.0 Å². The van der Waals surface area contributed by atoms with Crippen LogP contribution in [0.2, 0.25) is 10.0 Å². The van der Waals surface area contributed by atoms with Crippen LogP contribution in [0.1, 0.15) is 16.2 Å².